The van der Waals surface area contributed by atoms with Crippen molar-refractivity contribution in [1.82, 2.24) is 0 Å². The van der Waals surface area contributed by atoms with Crippen LogP contribution in [0.3, 0.4) is 0 Å². The highest BCUT2D eigenvalue weighted by molar-refractivity contribution is 8.26. The van der Waals surface area contributed by atoms with Gasteiger partial charge in [0.15, 0.2) is 7.14 Å². The van der Waals surface area contributed by atoms with Crippen molar-refractivity contribution in [3.8, 4) is 0 Å². The molecule has 0 amide bonds. The first-order chi connectivity index (χ1) is 10.2. The molecule has 0 saturated carbocycles. The summed E-state index contributed by atoms with van der Waals surface area (Å²) in [6, 6.07) is 20.0. The predicted molar refractivity (Wildman–Crippen MR) is 97.6 cm³/mol. The second kappa shape index (κ2) is 6.64. The predicted octanol–water partition coefficient (Wildman–Crippen LogP) is 4.40. The summed E-state index contributed by atoms with van der Waals surface area (Å²) < 4.78 is 14.2. The van der Waals surface area contributed by atoms with Crippen LogP contribution in [0, 0.1) is 5.92 Å². The molecule has 1 nitrogen and oxygen atoms in total. The molecule has 1 fully saturated rings. The van der Waals surface area contributed by atoms with Gasteiger partial charge in [-0.3, -0.25) is 0 Å². The fourth-order valence-electron chi connectivity index (χ4n) is 2.49. The number of hydrogen-bond donors (Lipinski definition) is 0. The average molecular weight is 334 g/mol. The zero-order valence-electron chi connectivity index (χ0n) is 12.0. The lowest BCUT2D eigenvalue weighted by molar-refractivity contribution is 0.588. The summed E-state index contributed by atoms with van der Waals surface area (Å²) in [5.74, 6) is 2.90. The molecule has 0 bridgehead atoms. The van der Waals surface area contributed by atoms with E-state index in [9.17, 15) is 4.57 Å². The van der Waals surface area contributed by atoms with E-state index in [1.165, 1.54) is 0 Å². The van der Waals surface area contributed by atoms with Crippen molar-refractivity contribution in [3.05, 3.63) is 60.7 Å². The molecule has 1 heterocycles. The highest BCUT2D eigenvalue weighted by Crippen LogP contribution is 2.59. The van der Waals surface area contributed by atoms with Crippen LogP contribution >= 0.6 is 30.7 Å². The quantitative estimate of drug-likeness (QED) is 0.775. The van der Waals surface area contributed by atoms with Crippen molar-refractivity contribution in [2.24, 2.45) is 5.92 Å². The molecule has 21 heavy (non-hydrogen) atoms. The molecule has 0 radical (unpaired) electrons. The summed E-state index contributed by atoms with van der Waals surface area (Å²) in [6.45, 7) is 2.27. The van der Waals surface area contributed by atoms with Crippen molar-refractivity contribution < 1.29 is 4.57 Å². The molecule has 110 valence electrons. The van der Waals surface area contributed by atoms with Gasteiger partial charge in [0.05, 0.1) is 0 Å². The minimum absolute atomic E-state index is 0.137. The van der Waals surface area contributed by atoms with Crippen LogP contribution in [0.4, 0.5) is 0 Å². The summed E-state index contributed by atoms with van der Waals surface area (Å²) in [5, 5.41) is 1.96. The van der Waals surface area contributed by atoms with E-state index in [0.717, 1.165) is 22.1 Å². The lowest BCUT2D eigenvalue weighted by Crippen LogP contribution is -2.26. The zero-order chi connectivity index (χ0) is 14.7. The van der Waals surface area contributed by atoms with E-state index >= 15 is 0 Å². The van der Waals surface area contributed by atoms with Gasteiger partial charge in [-0.05, 0) is 17.4 Å². The van der Waals surface area contributed by atoms with Gasteiger partial charge in [-0.1, -0.05) is 67.6 Å². The molecule has 0 atom stereocenters. The molecule has 4 heteroatoms. The van der Waals surface area contributed by atoms with Gasteiger partial charge >= 0.3 is 0 Å². The fraction of sp³-hybridized carbons (Fsp3) is 0.294. The van der Waals surface area contributed by atoms with Crippen molar-refractivity contribution in [2.75, 3.05) is 11.5 Å². The lowest BCUT2D eigenvalue weighted by atomic mass is 10.3. The van der Waals surface area contributed by atoms with Crippen LogP contribution in [0.5, 0.6) is 0 Å². The molecule has 0 N–H and O–H groups in total. The maximum atomic E-state index is 14.0. The normalized spacial score (nSPS) is 22.9. The minimum atomic E-state index is -2.60. The number of thioether (sulfide) groups is 2. The van der Waals surface area contributed by atoms with E-state index in [4.69, 9.17) is 0 Å². The molecule has 2 aromatic rings. The van der Waals surface area contributed by atoms with Gasteiger partial charge in [-0.2, -0.15) is 0 Å². The molecule has 0 unspecified atom stereocenters. The van der Waals surface area contributed by atoms with E-state index in [-0.39, 0.29) is 4.32 Å². The Kier molecular flexibility index (Phi) is 4.83. The van der Waals surface area contributed by atoms with Crippen molar-refractivity contribution >= 4 is 41.3 Å². The standard InChI is InChI=1S/C17H19OPS2/c1-14-12-20-17(21-13-14)19(18,15-8-4-2-5-9-15)16-10-6-3-7-11-16/h2-11,14,17H,12-13H2,1H3. The van der Waals surface area contributed by atoms with Gasteiger partial charge in [-0.25, -0.2) is 0 Å². The summed E-state index contributed by atoms with van der Waals surface area (Å²) in [6.07, 6.45) is 0. The summed E-state index contributed by atoms with van der Waals surface area (Å²) in [7, 11) is -2.60. The highest BCUT2D eigenvalue weighted by atomic mass is 32.2. The maximum Gasteiger partial charge on any atom is 0.165 e. The molecule has 1 aliphatic heterocycles. The Morgan fingerprint density at radius 1 is 0.857 bits per heavy atom. The van der Waals surface area contributed by atoms with E-state index in [2.05, 4.69) is 6.92 Å². The fourth-order valence-corrected chi connectivity index (χ4v) is 10.4. The maximum absolute atomic E-state index is 14.0. The van der Waals surface area contributed by atoms with E-state index in [0.29, 0.717) is 5.92 Å². The Morgan fingerprint density at radius 2 is 1.29 bits per heavy atom. The van der Waals surface area contributed by atoms with Crippen LogP contribution < -0.4 is 10.6 Å². The highest BCUT2D eigenvalue weighted by Gasteiger charge is 2.39. The van der Waals surface area contributed by atoms with Crippen LogP contribution in [0.1, 0.15) is 6.92 Å². The number of rotatable bonds is 3. The van der Waals surface area contributed by atoms with Crippen molar-refractivity contribution in [1.29, 1.82) is 0 Å². The Morgan fingerprint density at radius 3 is 1.71 bits per heavy atom. The summed E-state index contributed by atoms with van der Waals surface area (Å²) >= 11 is 3.74. The second-order valence-electron chi connectivity index (χ2n) is 5.41. The van der Waals surface area contributed by atoms with Crippen LogP contribution in [-0.4, -0.2) is 15.8 Å². The lowest BCUT2D eigenvalue weighted by Gasteiger charge is -2.32. The third kappa shape index (κ3) is 3.11. The van der Waals surface area contributed by atoms with Gasteiger partial charge in [0, 0.05) is 10.6 Å². The summed E-state index contributed by atoms with van der Waals surface area (Å²) in [5.41, 5.74) is 0. The van der Waals surface area contributed by atoms with Gasteiger partial charge in [0.2, 0.25) is 0 Å². The van der Waals surface area contributed by atoms with E-state index in [1.807, 2.05) is 84.2 Å². The molecular formula is C17H19OPS2. The van der Waals surface area contributed by atoms with Crippen LogP contribution in [-0.2, 0) is 4.57 Å². The van der Waals surface area contributed by atoms with E-state index < -0.39 is 7.14 Å². The van der Waals surface area contributed by atoms with Gasteiger partial charge in [0.1, 0.15) is 4.32 Å². The first-order valence-electron chi connectivity index (χ1n) is 7.15. The van der Waals surface area contributed by atoms with Crippen molar-refractivity contribution in [2.45, 2.75) is 11.2 Å². The Hall–Kier alpha value is -0.630. The molecule has 0 aromatic heterocycles. The molecule has 1 aliphatic rings. The molecule has 0 spiro atoms. The smallest absolute Gasteiger partial charge is 0.165 e. The Labute approximate surface area is 135 Å². The Bertz CT molecular complexity index is 578. The third-order valence-corrected chi connectivity index (χ3v) is 11.9. The topological polar surface area (TPSA) is 17.1 Å². The molecular weight excluding hydrogens is 315 g/mol. The monoisotopic (exact) mass is 334 g/mol. The third-order valence-electron chi connectivity index (χ3n) is 3.62. The second-order valence-corrected chi connectivity index (χ2v) is 11.5. The number of benzene rings is 2. The van der Waals surface area contributed by atoms with Crippen LogP contribution in [0.25, 0.3) is 0 Å². The summed E-state index contributed by atoms with van der Waals surface area (Å²) in [4.78, 5) is 0. The van der Waals surface area contributed by atoms with Crippen LogP contribution in [0.15, 0.2) is 60.7 Å². The van der Waals surface area contributed by atoms with Crippen LogP contribution in [0.2, 0.25) is 0 Å². The molecule has 2 aromatic carbocycles. The van der Waals surface area contributed by atoms with Gasteiger partial charge < -0.3 is 4.57 Å². The first kappa shape index (κ1) is 15.3. The zero-order valence-corrected chi connectivity index (χ0v) is 14.5. The van der Waals surface area contributed by atoms with Gasteiger partial charge in [0.25, 0.3) is 0 Å². The SMILES string of the molecule is CC1CSC(P(=O)(c2ccccc2)c2ccccc2)SC1. The van der Waals surface area contributed by atoms with E-state index in [1.54, 1.807) is 0 Å². The minimum Gasteiger partial charge on any atom is -0.312 e. The molecule has 3 rings (SSSR count). The first-order valence-corrected chi connectivity index (χ1v) is 11.0. The van der Waals surface area contributed by atoms with Gasteiger partial charge in [-0.15, -0.1) is 23.5 Å². The van der Waals surface area contributed by atoms with Crippen molar-refractivity contribution in [3.63, 3.8) is 0 Å². The number of hydrogen-bond acceptors (Lipinski definition) is 3. The largest absolute Gasteiger partial charge is 0.312 e. The molecule has 1 saturated heterocycles. The molecule has 0 aliphatic carbocycles. The Balaban J connectivity index is 2.06. The average Bonchev–Trinajstić information content (AvgIpc) is 2.56.